The molecule has 2 heterocycles. The van der Waals surface area contributed by atoms with E-state index in [0.717, 1.165) is 17.9 Å². The number of rotatable bonds is 5. The quantitative estimate of drug-likeness (QED) is 0.778. The molecule has 0 atom stereocenters. The number of hydrogen-bond acceptors (Lipinski definition) is 4. The summed E-state index contributed by atoms with van der Waals surface area (Å²) in [7, 11) is 0. The molecule has 1 saturated heterocycles. The van der Waals surface area contributed by atoms with Gasteiger partial charge in [-0.1, -0.05) is 11.6 Å². The van der Waals surface area contributed by atoms with Gasteiger partial charge >= 0.3 is 0 Å². The van der Waals surface area contributed by atoms with E-state index in [9.17, 15) is 0 Å². The third-order valence-electron chi connectivity index (χ3n) is 3.85. The first-order chi connectivity index (χ1) is 9.24. The van der Waals surface area contributed by atoms with E-state index < -0.39 is 0 Å². The molecule has 19 heavy (non-hydrogen) atoms. The summed E-state index contributed by atoms with van der Waals surface area (Å²) in [5, 5.41) is 0.535. The predicted octanol–water partition coefficient (Wildman–Crippen LogP) is 2.79. The van der Waals surface area contributed by atoms with E-state index in [2.05, 4.69) is 14.9 Å². The minimum Gasteiger partial charge on any atom is -0.476 e. The van der Waals surface area contributed by atoms with E-state index in [1.807, 2.05) is 6.92 Å². The molecule has 0 bridgehead atoms. The van der Waals surface area contributed by atoms with Crippen LogP contribution in [-0.4, -0.2) is 41.1 Å². The van der Waals surface area contributed by atoms with Crippen molar-refractivity contribution in [1.29, 1.82) is 0 Å². The summed E-state index contributed by atoms with van der Waals surface area (Å²) >= 11 is 6.16. The maximum Gasteiger partial charge on any atom is 0.221 e. The van der Waals surface area contributed by atoms with E-state index in [4.69, 9.17) is 16.3 Å². The zero-order valence-electron chi connectivity index (χ0n) is 11.4. The van der Waals surface area contributed by atoms with Gasteiger partial charge in [0, 0.05) is 18.0 Å². The Kier molecular flexibility index (Phi) is 3.89. The molecule has 0 amide bonds. The van der Waals surface area contributed by atoms with E-state index >= 15 is 0 Å². The third-order valence-corrected chi connectivity index (χ3v) is 4.21. The summed E-state index contributed by atoms with van der Waals surface area (Å²) in [4.78, 5) is 11.3. The molecule has 0 aromatic carbocycles. The van der Waals surface area contributed by atoms with E-state index in [1.165, 1.54) is 38.8 Å². The van der Waals surface area contributed by atoms with Gasteiger partial charge < -0.3 is 4.74 Å². The molecule has 2 aliphatic rings. The minimum atomic E-state index is 0.499. The summed E-state index contributed by atoms with van der Waals surface area (Å²) in [5.41, 5.74) is 0.854. The average Bonchev–Trinajstić information content (AvgIpc) is 3.12. The Morgan fingerprint density at radius 3 is 2.68 bits per heavy atom. The smallest absolute Gasteiger partial charge is 0.221 e. The zero-order valence-corrected chi connectivity index (χ0v) is 12.1. The molecule has 5 heteroatoms. The highest BCUT2D eigenvalue weighted by molar-refractivity contribution is 6.30. The lowest BCUT2D eigenvalue weighted by atomic mass is 10.3. The van der Waals surface area contributed by atoms with Gasteiger partial charge in [0.05, 0.1) is 0 Å². The van der Waals surface area contributed by atoms with Crippen LogP contribution in [0.15, 0.2) is 0 Å². The van der Waals surface area contributed by atoms with Crippen LogP contribution >= 0.6 is 11.6 Å². The van der Waals surface area contributed by atoms with Crippen LogP contribution < -0.4 is 4.74 Å². The van der Waals surface area contributed by atoms with E-state index in [1.54, 1.807) is 0 Å². The second-order valence-corrected chi connectivity index (χ2v) is 5.83. The van der Waals surface area contributed by atoms with Crippen molar-refractivity contribution in [2.75, 3.05) is 26.2 Å². The largest absolute Gasteiger partial charge is 0.476 e. The topological polar surface area (TPSA) is 38.3 Å². The molecular weight excluding hydrogens is 262 g/mol. The Morgan fingerprint density at radius 2 is 2.00 bits per heavy atom. The fourth-order valence-electron chi connectivity index (χ4n) is 2.43. The molecule has 0 N–H and O–H groups in total. The average molecular weight is 282 g/mol. The Bertz CT molecular complexity index is 456. The van der Waals surface area contributed by atoms with Crippen LogP contribution in [0.2, 0.25) is 5.15 Å². The van der Waals surface area contributed by atoms with Crippen LogP contribution in [0.25, 0.3) is 0 Å². The lowest BCUT2D eigenvalue weighted by Crippen LogP contribution is -2.25. The molecule has 0 radical (unpaired) electrons. The fourth-order valence-corrected chi connectivity index (χ4v) is 2.60. The first-order valence-corrected chi connectivity index (χ1v) is 7.51. The Balaban J connectivity index is 1.62. The minimum absolute atomic E-state index is 0.499. The van der Waals surface area contributed by atoms with Gasteiger partial charge in [0.25, 0.3) is 0 Å². The first-order valence-electron chi connectivity index (χ1n) is 7.13. The van der Waals surface area contributed by atoms with Gasteiger partial charge in [-0.2, -0.15) is 4.98 Å². The van der Waals surface area contributed by atoms with Gasteiger partial charge in [0.15, 0.2) is 0 Å². The molecule has 1 aromatic heterocycles. The molecule has 2 fully saturated rings. The number of likely N-dealkylation sites (tertiary alicyclic amines) is 1. The van der Waals surface area contributed by atoms with Crippen molar-refractivity contribution in [3.63, 3.8) is 0 Å². The number of aromatic nitrogens is 2. The van der Waals surface area contributed by atoms with E-state index in [-0.39, 0.29) is 0 Å². The lowest BCUT2D eigenvalue weighted by Gasteiger charge is -2.15. The molecule has 0 unspecified atom stereocenters. The van der Waals surface area contributed by atoms with Gasteiger partial charge in [-0.05, 0) is 45.7 Å². The molecule has 1 aliphatic heterocycles. The molecule has 104 valence electrons. The Hall–Kier alpha value is -0.870. The lowest BCUT2D eigenvalue weighted by molar-refractivity contribution is 0.230. The van der Waals surface area contributed by atoms with E-state index in [0.29, 0.717) is 23.6 Å². The predicted molar refractivity (Wildman–Crippen MR) is 74.9 cm³/mol. The molecule has 1 saturated carbocycles. The summed E-state index contributed by atoms with van der Waals surface area (Å²) in [5.74, 6) is 2.02. The molecule has 4 nitrogen and oxygen atoms in total. The molecule has 3 rings (SSSR count). The van der Waals surface area contributed by atoms with Crippen molar-refractivity contribution < 1.29 is 4.74 Å². The highest BCUT2D eigenvalue weighted by Crippen LogP contribution is 2.39. The standard InChI is InChI=1S/C14H20ClN3O/c1-10-12(15)16-13(11-4-5-11)17-14(10)19-9-8-18-6-2-3-7-18/h11H,2-9H2,1H3. The van der Waals surface area contributed by atoms with Crippen molar-refractivity contribution in [2.45, 2.75) is 38.5 Å². The highest BCUT2D eigenvalue weighted by Gasteiger charge is 2.28. The van der Waals surface area contributed by atoms with Crippen LogP contribution in [0.3, 0.4) is 0 Å². The highest BCUT2D eigenvalue weighted by atomic mass is 35.5. The van der Waals surface area contributed by atoms with Crippen LogP contribution in [0, 0.1) is 6.92 Å². The van der Waals surface area contributed by atoms with Crippen LogP contribution in [0.1, 0.15) is 43.0 Å². The summed E-state index contributed by atoms with van der Waals surface area (Å²) < 4.78 is 5.82. The number of ether oxygens (including phenoxy) is 1. The second kappa shape index (κ2) is 5.63. The molecule has 0 spiro atoms. The van der Waals surface area contributed by atoms with Crippen molar-refractivity contribution in [1.82, 2.24) is 14.9 Å². The maximum absolute atomic E-state index is 6.16. The van der Waals surface area contributed by atoms with Gasteiger partial charge in [-0.15, -0.1) is 0 Å². The van der Waals surface area contributed by atoms with Crippen LogP contribution in [0.4, 0.5) is 0 Å². The first kappa shape index (κ1) is 13.1. The summed E-state index contributed by atoms with van der Waals surface area (Å²) in [6, 6.07) is 0. The van der Waals surface area contributed by atoms with Crippen LogP contribution in [0.5, 0.6) is 5.88 Å². The molecular formula is C14H20ClN3O. The number of nitrogens with zero attached hydrogens (tertiary/aromatic N) is 3. The third kappa shape index (κ3) is 3.18. The Morgan fingerprint density at radius 1 is 1.26 bits per heavy atom. The molecule has 1 aliphatic carbocycles. The van der Waals surface area contributed by atoms with Crippen LogP contribution in [-0.2, 0) is 0 Å². The molecule has 1 aromatic rings. The summed E-state index contributed by atoms with van der Waals surface area (Å²) in [6.07, 6.45) is 4.97. The zero-order chi connectivity index (χ0) is 13.2. The normalized spacial score (nSPS) is 19.9. The van der Waals surface area contributed by atoms with Crippen molar-refractivity contribution >= 4 is 11.6 Å². The van der Waals surface area contributed by atoms with Gasteiger partial charge in [0.1, 0.15) is 17.6 Å². The van der Waals surface area contributed by atoms with Gasteiger partial charge in [-0.25, -0.2) is 4.98 Å². The van der Waals surface area contributed by atoms with Gasteiger partial charge in [0.2, 0.25) is 5.88 Å². The van der Waals surface area contributed by atoms with Crippen molar-refractivity contribution in [2.24, 2.45) is 0 Å². The van der Waals surface area contributed by atoms with Gasteiger partial charge in [-0.3, -0.25) is 4.90 Å². The monoisotopic (exact) mass is 281 g/mol. The van der Waals surface area contributed by atoms with Crippen molar-refractivity contribution in [3.8, 4) is 5.88 Å². The SMILES string of the molecule is Cc1c(Cl)nc(C2CC2)nc1OCCN1CCCC1. The fraction of sp³-hybridized carbons (Fsp3) is 0.714. The van der Waals surface area contributed by atoms with Crippen molar-refractivity contribution in [3.05, 3.63) is 16.5 Å². The maximum atomic E-state index is 6.16. The summed E-state index contributed by atoms with van der Waals surface area (Å²) in [6.45, 7) is 5.96. The number of hydrogen-bond donors (Lipinski definition) is 0. The Labute approximate surface area is 119 Å². The second-order valence-electron chi connectivity index (χ2n) is 5.47. The number of halogens is 1.